The predicted octanol–water partition coefficient (Wildman–Crippen LogP) is 5.88. The molecular weight excluding hydrogens is 665 g/mol. The number of esters is 1. The third kappa shape index (κ3) is 8.97. The first kappa shape index (κ1) is 38.7. The number of anilines is 1. The molecule has 10 nitrogen and oxygen atoms in total. The molecule has 0 aliphatic carbocycles. The summed E-state index contributed by atoms with van der Waals surface area (Å²) in [6, 6.07) is 30.4. The first-order valence-electron chi connectivity index (χ1n) is 16.7. The lowest BCUT2D eigenvalue weighted by Gasteiger charge is -2.45. The van der Waals surface area contributed by atoms with Crippen molar-refractivity contribution in [2.45, 2.75) is 52.2 Å². The second-order valence-corrected chi connectivity index (χ2v) is 17.4. The zero-order valence-corrected chi connectivity index (χ0v) is 31.6. The predicted molar refractivity (Wildman–Crippen MR) is 200 cm³/mol. The van der Waals surface area contributed by atoms with Crippen LogP contribution in [0.5, 0.6) is 17.2 Å². The van der Waals surface area contributed by atoms with Gasteiger partial charge >= 0.3 is 5.97 Å². The molecule has 11 heteroatoms. The Balaban J connectivity index is 1.98. The fourth-order valence-corrected chi connectivity index (χ4v) is 11.0. The third-order valence-electron chi connectivity index (χ3n) is 8.72. The summed E-state index contributed by atoms with van der Waals surface area (Å²) in [4.78, 5) is 40.2. The molecule has 0 spiro atoms. The highest BCUT2D eigenvalue weighted by molar-refractivity contribution is 6.99. The van der Waals surface area contributed by atoms with E-state index in [0.29, 0.717) is 34.1 Å². The molecule has 0 radical (unpaired) electrons. The van der Waals surface area contributed by atoms with E-state index in [1.165, 1.54) is 21.0 Å². The number of carbonyl (C=O) groups excluding carboxylic acids is 3. The molecule has 4 aromatic rings. The van der Waals surface area contributed by atoms with E-state index in [0.717, 1.165) is 10.4 Å². The Morgan fingerprint density at radius 2 is 1.41 bits per heavy atom. The van der Waals surface area contributed by atoms with E-state index < -0.39 is 32.8 Å². The smallest absolute Gasteiger partial charge is 0.303 e. The summed E-state index contributed by atoms with van der Waals surface area (Å²) in [5.41, 5.74) is 1.71. The third-order valence-corrected chi connectivity index (χ3v) is 13.7. The first-order valence-corrected chi connectivity index (χ1v) is 18.6. The van der Waals surface area contributed by atoms with Gasteiger partial charge in [-0.3, -0.25) is 14.4 Å². The van der Waals surface area contributed by atoms with Crippen molar-refractivity contribution in [1.82, 2.24) is 4.90 Å². The van der Waals surface area contributed by atoms with Crippen LogP contribution in [0.15, 0.2) is 97.1 Å². The van der Waals surface area contributed by atoms with Crippen molar-refractivity contribution in [3.8, 4) is 17.2 Å². The molecule has 0 saturated heterocycles. The molecule has 0 aromatic heterocycles. The number of para-hydroxylation sites is 1. The highest BCUT2D eigenvalue weighted by Gasteiger charge is 2.51. The van der Waals surface area contributed by atoms with E-state index in [1.807, 2.05) is 48.5 Å². The fourth-order valence-electron chi connectivity index (χ4n) is 6.43. The molecule has 4 rings (SSSR count). The van der Waals surface area contributed by atoms with Gasteiger partial charge in [-0.1, -0.05) is 93.6 Å². The van der Waals surface area contributed by atoms with Crippen LogP contribution in [0, 0.1) is 0 Å². The van der Waals surface area contributed by atoms with Crippen molar-refractivity contribution in [2.24, 2.45) is 0 Å². The van der Waals surface area contributed by atoms with Crippen LogP contribution >= 0.6 is 0 Å². The van der Waals surface area contributed by atoms with E-state index in [9.17, 15) is 14.4 Å². The maximum atomic E-state index is 14.3. The summed E-state index contributed by atoms with van der Waals surface area (Å²) < 4.78 is 29.8. The standard InChI is InChI=1S/C40H48N2O8Si/c1-28(43)41-35-21-15-20-34(39(35)48-8)36(42(38(45)27-49-29(2)44)25-30-22-23-31(46-6)24-37(30)47-7)26-50-51(40(3,4)5,32-16-11-9-12-17-32)33-18-13-10-14-19-33/h9-24,36H,25-27H2,1-8H3,(H,41,43)/t36-/m0/s1. The monoisotopic (exact) mass is 712 g/mol. The number of benzene rings is 4. The Labute approximate surface area is 301 Å². The van der Waals surface area contributed by atoms with Gasteiger partial charge in [0.2, 0.25) is 5.91 Å². The van der Waals surface area contributed by atoms with Crippen LogP contribution in [-0.4, -0.2) is 65.5 Å². The minimum Gasteiger partial charge on any atom is -0.497 e. The molecule has 1 N–H and O–H groups in total. The number of ether oxygens (including phenoxy) is 4. The van der Waals surface area contributed by atoms with E-state index in [4.69, 9.17) is 23.4 Å². The number of rotatable bonds is 15. The molecule has 0 heterocycles. The lowest BCUT2D eigenvalue weighted by Crippen LogP contribution is -2.67. The van der Waals surface area contributed by atoms with Crippen molar-refractivity contribution >= 4 is 42.2 Å². The Morgan fingerprint density at radius 1 is 0.784 bits per heavy atom. The number of carbonyl (C=O) groups is 3. The maximum absolute atomic E-state index is 14.3. The zero-order valence-electron chi connectivity index (χ0n) is 30.6. The molecule has 1 atom stereocenters. The van der Waals surface area contributed by atoms with Gasteiger partial charge in [-0.25, -0.2) is 0 Å². The highest BCUT2D eigenvalue weighted by atomic mass is 28.4. The summed E-state index contributed by atoms with van der Waals surface area (Å²) in [5.74, 6) is 0.128. The van der Waals surface area contributed by atoms with Crippen molar-refractivity contribution in [3.63, 3.8) is 0 Å². The zero-order chi connectivity index (χ0) is 37.2. The average Bonchev–Trinajstić information content (AvgIpc) is 3.11. The summed E-state index contributed by atoms with van der Waals surface area (Å²) in [7, 11) is 1.50. The Bertz CT molecular complexity index is 1750. The minimum atomic E-state index is -3.13. The number of hydrogen-bond acceptors (Lipinski definition) is 8. The Kier molecular flexibility index (Phi) is 13.0. The second-order valence-electron chi connectivity index (χ2n) is 13.1. The maximum Gasteiger partial charge on any atom is 0.303 e. The van der Waals surface area contributed by atoms with Gasteiger partial charge in [0, 0.05) is 31.0 Å². The van der Waals surface area contributed by atoms with Crippen LogP contribution < -0.4 is 29.9 Å². The van der Waals surface area contributed by atoms with Gasteiger partial charge in [0.1, 0.15) is 17.2 Å². The lowest BCUT2D eigenvalue weighted by molar-refractivity contribution is -0.152. The van der Waals surface area contributed by atoms with E-state index in [2.05, 4.69) is 50.4 Å². The molecule has 0 aliphatic heterocycles. The molecule has 270 valence electrons. The quantitative estimate of drug-likeness (QED) is 0.120. The molecule has 0 aliphatic rings. The van der Waals surface area contributed by atoms with Gasteiger partial charge in [0.25, 0.3) is 14.2 Å². The number of amides is 2. The van der Waals surface area contributed by atoms with Gasteiger partial charge in [0.05, 0.1) is 46.2 Å². The number of nitrogens with zero attached hydrogens (tertiary/aromatic N) is 1. The van der Waals surface area contributed by atoms with Crippen molar-refractivity contribution in [2.75, 3.05) is 39.9 Å². The van der Waals surface area contributed by atoms with Gasteiger partial charge < -0.3 is 33.6 Å². The highest BCUT2D eigenvalue weighted by Crippen LogP contribution is 2.41. The first-order chi connectivity index (χ1) is 24.4. The van der Waals surface area contributed by atoms with Gasteiger partial charge in [-0.05, 0) is 33.6 Å². The number of nitrogens with one attached hydrogen (secondary N) is 1. The summed E-state index contributed by atoms with van der Waals surface area (Å²) in [5, 5.41) is 4.62. The van der Waals surface area contributed by atoms with Gasteiger partial charge in [-0.2, -0.15) is 0 Å². The summed E-state index contributed by atoms with van der Waals surface area (Å²) >= 11 is 0. The molecule has 0 fully saturated rings. The number of methoxy groups -OCH3 is 3. The normalized spacial score (nSPS) is 12.0. The van der Waals surface area contributed by atoms with E-state index in [-0.39, 0.29) is 24.1 Å². The molecule has 0 saturated carbocycles. The second kappa shape index (κ2) is 17.2. The van der Waals surface area contributed by atoms with Crippen molar-refractivity contribution in [1.29, 1.82) is 0 Å². The van der Waals surface area contributed by atoms with Crippen LogP contribution in [0.3, 0.4) is 0 Å². The average molecular weight is 713 g/mol. The van der Waals surface area contributed by atoms with Crippen molar-refractivity contribution < 1.29 is 37.8 Å². The molecule has 2 amide bonds. The Hall–Kier alpha value is -5.13. The van der Waals surface area contributed by atoms with E-state index >= 15 is 0 Å². The largest absolute Gasteiger partial charge is 0.497 e. The minimum absolute atomic E-state index is 0.0252. The van der Waals surface area contributed by atoms with Gasteiger partial charge in [-0.15, -0.1) is 0 Å². The molecule has 51 heavy (non-hydrogen) atoms. The van der Waals surface area contributed by atoms with Gasteiger partial charge in [0.15, 0.2) is 6.61 Å². The fraction of sp³-hybridized carbons (Fsp3) is 0.325. The number of hydrogen-bond donors (Lipinski definition) is 1. The lowest BCUT2D eigenvalue weighted by atomic mass is 10.0. The summed E-state index contributed by atoms with van der Waals surface area (Å²) in [6.45, 7) is 8.78. The van der Waals surface area contributed by atoms with Crippen LogP contribution in [0.25, 0.3) is 0 Å². The molecule has 0 bridgehead atoms. The van der Waals surface area contributed by atoms with Crippen molar-refractivity contribution in [3.05, 3.63) is 108 Å². The van der Waals surface area contributed by atoms with Crippen LogP contribution in [-0.2, 0) is 30.1 Å². The molecular formula is C40H48N2O8Si. The van der Waals surface area contributed by atoms with E-state index in [1.54, 1.807) is 43.4 Å². The summed E-state index contributed by atoms with van der Waals surface area (Å²) in [6.07, 6.45) is 0. The topological polar surface area (TPSA) is 113 Å². The van der Waals surface area contributed by atoms with Crippen LogP contribution in [0.4, 0.5) is 5.69 Å². The Morgan fingerprint density at radius 3 is 1.92 bits per heavy atom. The van der Waals surface area contributed by atoms with Crippen LogP contribution in [0.2, 0.25) is 5.04 Å². The molecule has 0 unspecified atom stereocenters. The SMILES string of the molecule is COc1ccc(CN(C(=O)COC(C)=O)[C@@H](CO[Si](c2ccccc2)(c2ccccc2)C(C)(C)C)c2cccc(NC(C)=O)c2OC)c(OC)c1. The molecule has 4 aromatic carbocycles. The van der Waals surface area contributed by atoms with Crippen LogP contribution in [0.1, 0.15) is 51.8 Å².